The minimum atomic E-state index is -1.26. The molecular formula is C22H23N3O5. The van der Waals surface area contributed by atoms with E-state index in [1.165, 1.54) is 0 Å². The average molecular weight is 409 g/mol. The number of ether oxygens (including phenoxy) is 1. The van der Waals surface area contributed by atoms with Crippen LogP contribution in [0.4, 0.5) is 10.5 Å². The average Bonchev–Trinajstić information content (AvgIpc) is 2.90. The monoisotopic (exact) mass is 409 g/mol. The van der Waals surface area contributed by atoms with Gasteiger partial charge in [-0.3, -0.25) is 19.3 Å². The van der Waals surface area contributed by atoms with Gasteiger partial charge in [0.25, 0.3) is 11.8 Å². The van der Waals surface area contributed by atoms with Gasteiger partial charge < -0.3 is 15.4 Å². The smallest absolute Gasteiger partial charge is 0.326 e. The number of hydrogen-bond donors (Lipinski definition) is 2. The van der Waals surface area contributed by atoms with Crippen LogP contribution < -0.4 is 10.6 Å². The summed E-state index contributed by atoms with van der Waals surface area (Å²) in [4.78, 5) is 50.0. The van der Waals surface area contributed by atoms with Crippen LogP contribution in [-0.2, 0) is 24.7 Å². The van der Waals surface area contributed by atoms with E-state index in [2.05, 4.69) is 10.6 Å². The van der Waals surface area contributed by atoms with Crippen LogP contribution in [0.3, 0.4) is 0 Å². The second kappa shape index (κ2) is 8.36. The molecule has 2 N–H and O–H groups in total. The summed E-state index contributed by atoms with van der Waals surface area (Å²) < 4.78 is 4.94. The first-order chi connectivity index (χ1) is 14.2. The summed E-state index contributed by atoms with van der Waals surface area (Å²) in [5.41, 5.74) is 1.91. The van der Waals surface area contributed by atoms with Gasteiger partial charge in [-0.05, 0) is 49.6 Å². The number of nitrogens with one attached hydrogen (secondary N) is 2. The van der Waals surface area contributed by atoms with E-state index in [-0.39, 0.29) is 0 Å². The van der Waals surface area contributed by atoms with Crippen molar-refractivity contribution in [2.24, 2.45) is 0 Å². The van der Waals surface area contributed by atoms with Crippen molar-refractivity contribution in [2.45, 2.75) is 26.3 Å². The van der Waals surface area contributed by atoms with E-state index in [1.54, 1.807) is 49.4 Å². The van der Waals surface area contributed by atoms with Crippen LogP contribution in [0.25, 0.3) is 0 Å². The number of amides is 4. The SMILES string of the molecule is Cc1cc(C)cc(NC(=O)COC(=O)CN2C(=O)N[C@](C)(c3ccccc3)C2=O)c1. The van der Waals surface area contributed by atoms with Gasteiger partial charge in [0.2, 0.25) is 0 Å². The number of hydrogen-bond acceptors (Lipinski definition) is 5. The third kappa shape index (κ3) is 4.48. The summed E-state index contributed by atoms with van der Waals surface area (Å²) in [7, 11) is 0. The van der Waals surface area contributed by atoms with Crippen molar-refractivity contribution >= 4 is 29.5 Å². The summed E-state index contributed by atoms with van der Waals surface area (Å²) in [5.74, 6) is -1.93. The quantitative estimate of drug-likeness (QED) is 0.562. The Hall–Kier alpha value is -3.68. The zero-order valence-corrected chi connectivity index (χ0v) is 17.0. The van der Waals surface area contributed by atoms with Crippen LogP contribution in [0.15, 0.2) is 48.5 Å². The second-order valence-electron chi connectivity index (χ2n) is 7.40. The summed E-state index contributed by atoms with van der Waals surface area (Å²) in [6, 6.07) is 13.6. The second-order valence-corrected chi connectivity index (χ2v) is 7.40. The number of esters is 1. The van der Waals surface area contributed by atoms with Gasteiger partial charge in [0.15, 0.2) is 6.61 Å². The number of nitrogens with zero attached hydrogens (tertiary/aromatic N) is 1. The predicted molar refractivity (Wildman–Crippen MR) is 110 cm³/mol. The minimum Gasteiger partial charge on any atom is -0.454 e. The lowest BCUT2D eigenvalue weighted by Crippen LogP contribution is -2.41. The van der Waals surface area contributed by atoms with Crippen LogP contribution in [0.5, 0.6) is 0 Å². The van der Waals surface area contributed by atoms with Gasteiger partial charge in [0.05, 0.1) is 0 Å². The van der Waals surface area contributed by atoms with Crippen LogP contribution in [0.1, 0.15) is 23.6 Å². The van der Waals surface area contributed by atoms with E-state index in [9.17, 15) is 19.2 Å². The number of carbonyl (C=O) groups excluding carboxylic acids is 4. The van der Waals surface area contributed by atoms with Crippen LogP contribution in [-0.4, -0.2) is 41.9 Å². The van der Waals surface area contributed by atoms with Gasteiger partial charge in [0.1, 0.15) is 12.1 Å². The lowest BCUT2D eigenvalue weighted by Gasteiger charge is -2.21. The molecule has 156 valence electrons. The van der Waals surface area contributed by atoms with Crippen molar-refractivity contribution in [2.75, 3.05) is 18.5 Å². The molecule has 1 aliphatic rings. The Labute approximate surface area is 174 Å². The number of benzene rings is 2. The Balaban J connectivity index is 1.56. The molecule has 30 heavy (non-hydrogen) atoms. The van der Waals surface area contributed by atoms with Crippen molar-refractivity contribution in [1.82, 2.24) is 10.2 Å². The summed E-state index contributed by atoms with van der Waals surface area (Å²) in [5, 5.41) is 5.26. The van der Waals surface area contributed by atoms with E-state index in [1.807, 2.05) is 19.9 Å². The number of rotatable bonds is 6. The molecule has 0 unspecified atom stereocenters. The maximum atomic E-state index is 12.8. The third-order valence-electron chi connectivity index (χ3n) is 4.78. The van der Waals surface area contributed by atoms with E-state index in [0.29, 0.717) is 11.3 Å². The predicted octanol–water partition coefficient (Wildman–Crippen LogP) is 2.25. The van der Waals surface area contributed by atoms with Crippen molar-refractivity contribution in [3.8, 4) is 0 Å². The topological polar surface area (TPSA) is 105 Å². The van der Waals surface area contributed by atoms with Crippen molar-refractivity contribution in [1.29, 1.82) is 0 Å². The van der Waals surface area contributed by atoms with Crippen molar-refractivity contribution in [3.63, 3.8) is 0 Å². The highest BCUT2D eigenvalue weighted by Gasteiger charge is 2.49. The lowest BCUT2D eigenvalue weighted by molar-refractivity contribution is -0.150. The van der Waals surface area contributed by atoms with Crippen molar-refractivity contribution < 1.29 is 23.9 Å². The lowest BCUT2D eigenvalue weighted by atomic mass is 9.92. The highest BCUT2D eigenvalue weighted by molar-refractivity contribution is 6.09. The molecule has 3 rings (SSSR count). The maximum Gasteiger partial charge on any atom is 0.326 e. The van der Waals surface area contributed by atoms with E-state index < -0.39 is 42.5 Å². The molecular weight excluding hydrogens is 386 g/mol. The summed E-state index contributed by atoms with van der Waals surface area (Å²) in [6.45, 7) is 4.29. The maximum absolute atomic E-state index is 12.8. The fourth-order valence-electron chi connectivity index (χ4n) is 3.37. The van der Waals surface area contributed by atoms with Gasteiger partial charge >= 0.3 is 12.0 Å². The number of anilines is 1. The van der Waals surface area contributed by atoms with Gasteiger partial charge in [-0.1, -0.05) is 36.4 Å². The van der Waals surface area contributed by atoms with E-state index in [4.69, 9.17) is 4.74 Å². The Morgan fingerprint density at radius 1 is 1.07 bits per heavy atom. The largest absolute Gasteiger partial charge is 0.454 e. The van der Waals surface area contributed by atoms with Crippen LogP contribution >= 0.6 is 0 Å². The van der Waals surface area contributed by atoms with Gasteiger partial charge in [0, 0.05) is 5.69 Å². The van der Waals surface area contributed by atoms with Gasteiger partial charge in [-0.25, -0.2) is 4.79 Å². The normalized spacial score (nSPS) is 18.2. The highest BCUT2D eigenvalue weighted by atomic mass is 16.5. The Morgan fingerprint density at radius 3 is 2.33 bits per heavy atom. The first-order valence-electron chi connectivity index (χ1n) is 9.42. The molecule has 1 heterocycles. The molecule has 0 spiro atoms. The Kier molecular flexibility index (Phi) is 5.86. The molecule has 4 amide bonds. The minimum absolute atomic E-state index is 0.514. The highest BCUT2D eigenvalue weighted by Crippen LogP contribution is 2.28. The van der Waals surface area contributed by atoms with Crippen LogP contribution in [0.2, 0.25) is 0 Å². The standard InChI is InChI=1S/C22H23N3O5/c1-14-9-15(2)11-17(10-14)23-18(26)13-30-19(27)12-25-20(28)22(3,24-21(25)29)16-7-5-4-6-8-16/h4-11H,12-13H2,1-3H3,(H,23,26)(H,24,29)/t22-/m1/s1. The zero-order chi connectivity index (χ0) is 21.9. The molecule has 8 nitrogen and oxygen atoms in total. The molecule has 0 aliphatic carbocycles. The molecule has 0 saturated carbocycles. The first kappa shape index (κ1) is 21.0. The summed E-state index contributed by atoms with van der Waals surface area (Å²) >= 11 is 0. The first-order valence-corrected chi connectivity index (χ1v) is 9.42. The number of imide groups is 1. The van der Waals surface area contributed by atoms with Gasteiger partial charge in [-0.15, -0.1) is 0 Å². The summed E-state index contributed by atoms with van der Waals surface area (Å²) in [6.07, 6.45) is 0. The van der Waals surface area contributed by atoms with Crippen molar-refractivity contribution in [3.05, 3.63) is 65.2 Å². The fourth-order valence-corrected chi connectivity index (χ4v) is 3.37. The molecule has 1 saturated heterocycles. The number of urea groups is 1. The molecule has 2 aromatic carbocycles. The molecule has 0 aromatic heterocycles. The Morgan fingerprint density at radius 2 is 1.70 bits per heavy atom. The zero-order valence-electron chi connectivity index (χ0n) is 17.0. The molecule has 0 radical (unpaired) electrons. The molecule has 2 aromatic rings. The molecule has 1 aliphatic heterocycles. The molecule has 1 atom stereocenters. The van der Waals surface area contributed by atoms with Gasteiger partial charge in [-0.2, -0.15) is 0 Å². The molecule has 8 heteroatoms. The number of aryl methyl sites for hydroxylation is 2. The molecule has 0 bridgehead atoms. The van der Waals surface area contributed by atoms with E-state index >= 15 is 0 Å². The Bertz CT molecular complexity index is 985. The van der Waals surface area contributed by atoms with E-state index in [0.717, 1.165) is 16.0 Å². The molecule has 1 fully saturated rings. The fraction of sp³-hybridized carbons (Fsp3) is 0.273. The number of carbonyl (C=O) groups is 4. The van der Waals surface area contributed by atoms with Crippen LogP contribution in [0, 0.1) is 13.8 Å². The third-order valence-corrected chi connectivity index (χ3v) is 4.78.